The second-order valence-electron chi connectivity index (χ2n) is 5.25. The number of rotatable bonds is 6. The maximum Gasteiger partial charge on any atom is 0.295 e. The van der Waals surface area contributed by atoms with Crippen LogP contribution in [-0.2, 0) is 6.54 Å². The minimum atomic E-state index is -0.774. The first kappa shape index (κ1) is 16.4. The van der Waals surface area contributed by atoms with Crippen molar-refractivity contribution >= 4 is 11.4 Å². The van der Waals surface area contributed by atoms with E-state index in [4.69, 9.17) is 4.74 Å². The third kappa shape index (κ3) is 3.57. The van der Waals surface area contributed by atoms with Gasteiger partial charge >= 0.3 is 0 Å². The van der Waals surface area contributed by atoms with E-state index in [1.807, 2.05) is 35.0 Å². The summed E-state index contributed by atoms with van der Waals surface area (Å²) in [6, 6.07) is 9.76. The quantitative estimate of drug-likeness (QED) is 0.547. The SMILES string of the molecule is COc1cc(NCc2ccc(-n3ccnc3)cc2)c([N+](=O)[O-])cc1F. The van der Waals surface area contributed by atoms with Crippen LogP contribution in [0.3, 0.4) is 0 Å². The number of halogens is 1. The van der Waals surface area contributed by atoms with E-state index < -0.39 is 10.7 Å². The molecule has 0 aliphatic carbocycles. The Hall–Kier alpha value is -3.42. The molecule has 0 amide bonds. The standard InChI is InChI=1S/C17H15FN4O3/c1-25-17-9-15(16(22(23)24)8-14(17)18)20-10-12-2-4-13(5-3-12)21-7-6-19-11-21/h2-9,11,20H,10H2,1H3. The molecule has 0 radical (unpaired) electrons. The summed E-state index contributed by atoms with van der Waals surface area (Å²) in [6.45, 7) is 0.347. The fourth-order valence-electron chi connectivity index (χ4n) is 2.39. The van der Waals surface area contributed by atoms with Gasteiger partial charge in [0.25, 0.3) is 5.69 Å². The molecular weight excluding hydrogens is 327 g/mol. The van der Waals surface area contributed by atoms with Crippen molar-refractivity contribution in [1.29, 1.82) is 0 Å². The van der Waals surface area contributed by atoms with Gasteiger partial charge in [0.2, 0.25) is 0 Å². The van der Waals surface area contributed by atoms with E-state index >= 15 is 0 Å². The van der Waals surface area contributed by atoms with Crippen molar-refractivity contribution in [3.05, 3.63) is 76.6 Å². The Balaban J connectivity index is 1.78. The van der Waals surface area contributed by atoms with Crippen molar-refractivity contribution < 1.29 is 14.1 Å². The summed E-state index contributed by atoms with van der Waals surface area (Å²) in [5, 5.41) is 14.1. The number of methoxy groups -OCH3 is 1. The van der Waals surface area contributed by atoms with Gasteiger partial charge in [0, 0.05) is 30.7 Å². The second-order valence-corrected chi connectivity index (χ2v) is 5.25. The molecule has 0 unspecified atom stereocenters. The van der Waals surface area contributed by atoms with Crippen LogP contribution in [0, 0.1) is 15.9 Å². The molecule has 0 saturated carbocycles. The molecule has 25 heavy (non-hydrogen) atoms. The topological polar surface area (TPSA) is 82.2 Å². The largest absolute Gasteiger partial charge is 0.494 e. The van der Waals surface area contributed by atoms with E-state index in [1.165, 1.54) is 13.2 Å². The summed E-state index contributed by atoms with van der Waals surface area (Å²) in [4.78, 5) is 14.5. The van der Waals surface area contributed by atoms with Gasteiger partial charge in [-0.2, -0.15) is 0 Å². The van der Waals surface area contributed by atoms with Gasteiger partial charge in [-0.15, -0.1) is 0 Å². The van der Waals surface area contributed by atoms with Crippen LogP contribution in [0.2, 0.25) is 0 Å². The summed E-state index contributed by atoms with van der Waals surface area (Å²) in [5.74, 6) is -0.826. The maximum absolute atomic E-state index is 13.7. The molecule has 1 N–H and O–H groups in total. The van der Waals surface area contributed by atoms with Crippen LogP contribution in [0.5, 0.6) is 5.75 Å². The Morgan fingerprint density at radius 3 is 2.68 bits per heavy atom. The number of nitrogens with zero attached hydrogens (tertiary/aromatic N) is 3. The molecule has 3 aromatic rings. The molecule has 1 heterocycles. The fourth-order valence-corrected chi connectivity index (χ4v) is 2.39. The first-order chi connectivity index (χ1) is 12.1. The van der Waals surface area contributed by atoms with Crippen LogP contribution in [-0.4, -0.2) is 21.6 Å². The van der Waals surface area contributed by atoms with Gasteiger partial charge in [0.15, 0.2) is 11.6 Å². The average Bonchev–Trinajstić information content (AvgIpc) is 3.15. The van der Waals surface area contributed by atoms with Gasteiger partial charge < -0.3 is 14.6 Å². The molecular formula is C17H15FN4O3. The van der Waals surface area contributed by atoms with E-state index in [1.54, 1.807) is 12.5 Å². The van der Waals surface area contributed by atoms with Crippen molar-refractivity contribution in [3.8, 4) is 11.4 Å². The monoisotopic (exact) mass is 342 g/mol. The molecule has 0 aliphatic rings. The number of hydrogen-bond donors (Lipinski definition) is 1. The van der Waals surface area contributed by atoms with Gasteiger partial charge in [-0.1, -0.05) is 12.1 Å². The van der Waals surface area contributed by atoms with E-state index in [0.717, 1.165) is 17.3 Å². The van der Waals surface area contributed by atoms with Crippen LogP contribution in [0.4, 0.5) is 15.8 Å². The normalized spacial score (nSPS) is 10.5. The molecule has 0 bridgehead atoms. The summed E-state index contributed by atoms with van der Waals surface area (Å²) in [5.41, 5.74) is 1.73. The Morgan fingerprint density at radius 1 is 1.32 bits per heavy atom. The Labute approximate surface area is 142 Å². The van der Waals surface area contributed by atoms with Crippen LogP contribution >= 0.6 is 0 Å². The van der Waals surface area contributed by atoms with Crippen molar-refractivity contribution in [1.82, 2.24) is 9.55 Å². The summed E-state index contributed by atoms with van der Waals surface area (Å²) >= 11 is 0. The molecule has 0 atom stereocenters. The number of benzene rings is 2. The van der Waals surface area contributed by atoms with E-state index in [2.05, 4.69) is 10.3 Å². The second kappa shape index (κ2) is 7.00. The Kier molecular flexibility index (Phi) is 4.60. The number of nitro benzene ring substituents is 1. The highest BCUT2D eigenvalue weighted by atomic mass is 19.1. The molecule has 0 fully saturated rings. The minimum Gasteiger partial charge on any atom is -0.494 e. The van der Waals surface area contributed by atoms with Crippen molar-refractivity contribution in [3.63, 3.8) is 0 Å². The zero-order valence-electron chi connectivity index (χ0n) is 13.3. The van der Waals surface area contributed by atoms with Crippen molar-refractivity contribution in [2.75, 3.05) is 12.4 Å². The number of nitrogens with one attached hydrogen (secondary N) is 1. The van der Waals surface area contributed by atoms with Gasteiger partial charge in [0.1, 0.15) is 5.69 Å². The van der Waals surface area contributed by atoms with Crippen LogP contribution in [0.15, 0.2) is 55.1 Å². The molecule has 2 aromatic carbocycles. The predicted octanol–water partition coefficient (Wildman–Crippen LogP) is 3.54. The molecule has 7 nitrogen and oxygen atoms in total. The Bertz CT molecular complexity index is 880. The number of ether oxygens (including phenoxy) is 1. The van der Waals surface area contributed by atoms with Gasteiger partial charge in [-0.3, -0.25) is 10.1 Å². The lowest BCUT2D eigenvalue weighted by molar-refractivity contribution is -0.384. The molecule has 0 spiro atoms. The highest BCUT2D eigenvalue weighted by Crippen LogP contribution is 2.32. The molecule has 1 aromatic heterocycles. The lowest BCUT2D eigenvalue weighted by Crippen LogP contribution is -2.04. The minimum absolute atomic E-state index is 0.0523. The number of imidazole rings is 1. The lowest BCUT2D eigenvalue weighted by Gasteiger charge is -2.10. The third-order valence-electron chi connectivity index (χ3n) is 3.69. The zero-order chi connectivity index (χ0) is 17.8. The highest BCUT2D eigenvalue weighted by Gasteiger charge is 2.18. The van der Waals surface area contributed by atoms with Crippen molar-refractivity contribution in [2.24, 2.45) is 0 Å². The molecule has 8 heteroatoms. The number of anilines is 1. The average molecular weight is 342 g/mol. The Morgan fingerprint density at radius 2 is 2.08 bits per heavy atom. The third-order valence-corrected chi connectivity index (χ3v) is 3.69. The smallest absolute Gasteiger partial charge is 0.295 e. The van der Waals surface area contributed by atoms with Gasteiger partial charge in [-0.25, -0.2) is 9.37 Å². The lowest BCUT2D eigenvalue weighted by atomic mass is 10.2. The van der Waals surface area contributed by atoms with Crippen LogP contribution < -0.4 is 10.1 Å². The van der Waals surface area contributed by atoms with E-state index in [9.17, 15) is 14.5 Å². The molecule has 0 aliphatic heterocycles. The van der Waals surface area contributed by atoms with E-state index in [-0.39, 0.29) is 17.1 Å². The summed E-state index contributed by atoms with van der Waals surface area (Å²) in [6.07, 6.45) is 5.22. The number of hydrogen-bond acceptors (Lipinski definition) is 5. The first-order valence-electron chi connectivity index (χ1n) is 7.41. The highest BCUT2D eigenvalue weighted by molar-refractivity contribution is 5.64. The number of nitro groups is 1. The van der Waals surface area contributed by atoms with Crippen LogP contribution in [0.1, 0.15) is 5.56 Å². The van der Waals surface area contributed by atoms with Gasteiger partial charge in [0.05, 0.1) is 24.4 Å². The van der Waals surface area contributed by atoms with Crippen LogP contribution in [0.25, 0.3) is 5.69 Å². The molecule has 128 valence electrons. The summed E-state index contributed by atoms with van der Waals surface area (Å²) < 4.78 is 20.4. The predicted molar refractivity (Wildman–Crippen MR) is 90.5 cm³/mol. The first-order valence-corrected chi connectivity index (χ1v) is 7.41. The van der Waals surface area contributed by atoms with Crippen molar-refractivity contribution in [2.45, 2.75) is 6.54 Å². The molecule has 0 saturated heterocycles. The molecule has 3 rings (SSSR count). The van der Waals surface area contributed by atoms with Gasteiger partial charge in [-0.05, 0) is 17.7 Å². The zero-order valence-corrected chi connectivity index (χ0v) is 13.3. The summed E-state index contributed by atoms with van der Waals surface area (Å²) in [7, 11) is 1.31. The van der Waals surface area contributed by atoms with E-state index in [0.29, 0.717) is 6.54 Å². The fraction of sp³-hybridized carbons (Fsp3) is 0.118. The maximum atomic E-state index is 13.7. The number of aromatic nitrogens is 2.